The van der Waals surface area contributed by atoms with Crippen molar-refractivity contribution in [3.63, 3.8) is 0 Å². The van der Waals surface area contributed by atoms with Crippen LogP contribution in [0.4, 0.5) is 5.95 Å². The molecule has 8 nitrogen and oxygen atoms in total. The van der Waals surface area contributed by atoms with Crippen molar-refractivity contribution in [3.8, 4) is 0 Å². The van der Waals surface area contributed by atoms with Crippen LogP contribution in [0.2, 0.25) is 0 Å². The highest BCUT2D eigenvalue weighted by Crippen LogP contribution is 2.25. The fraction of sp³-hybridized carbons (Fsp3) is 0.529. The molecule has 0 spiro atoms. The maximum absolute atomic E-state index is 12.5. The minimum absolute atomic E-state index is 0.196. The molecule has 0 saturated carbocycles. The second kappa shape index (κ2) is 7.18. The SMILES string of the molecule is CCc1cc(C(=O)N(C)CC2(O)CCCN(c3ncccn3)C2)on1. The van der Waals surface area contributed by atoms with E-state index in [4.69, 9.17) is 4.52 Å². The summed E-state index contributed by atoms with van der Waals surface area (Å²) in [4.78, 5) is 24.4. The Bertz CT molecular complexity index is 720. The van der Waals surface area contributed by atoms with E-state index in [-0.39, 0.29) is 18.2 Å². The summed E-state index contributed by atoms with van der Waals surface area (Å²) < 4.78 is 5.10. The molecular formula is C17H23N5O3. The van der Waals surface area contributed by atoms with Crippen molar-refractivity contribution >= 4 is 11.9 Å². The van der Waals surface area contributed by atoms with Gasteiger partial charge in [0.1, 0.15) is 0 Å². The lowest BCUT2D eigenvalue weighted by Crippen LogP contribution is -2.55. The number of rotatable bonds is 5. The van der Waals surface area contributed by atoms with Crippen LogP contribution in [0.1, 0.15) is 36.0 Å². The molecule has 0 aliphatic carbocycles. The van der Waals surface area contributed by atoms with Crippen LogP contribution in [0.15, 0.2) is 29.0 Å². The molecule has 8 heteroatoms. The first kappa shape index (κ1) is 17.3. The topological polar surface area (TPSA) is 95.6 Å². The van der Waals surface area contributed by atoms with Crippen molar-refractivity contribution in [2.24, 2.45) is 0 Å². The molecule has 3 heterocycles. The van der Waals surface area contributed by atoms with Gasteiger partial charge >= 0.3 is 0 Å². The lowest BCUT2D eigenvalue weighted by molar-refractivity contribution is -0.00122. The lowest BCUT2D eigenvalue weighted by atomic mass is 9.92. The van der Waals surface area contributed by atoms with E-state index in [1.807, 2.05) is 11.8 Å². The minimum Gasteiger partial charge on any atom is -0.386 e. The normalized spacial score (nSPS) is 20.5. The Balaban J connectivity index is 1.66. The number of carbonyl (C=O) groups is 1. The molecule has 1 atom stereocenters. The Hall–Kier alpha value is -2.48. The van der Waals surface area contributed by atoms with Crippen molar-refractivity contribution in [2.45, 2.75) is 31.8 Å². The summed E-state index contributed by atoms with van der Waals surface area (Å²) in [5, 5.41) is 14.8. The molecule has 0 aromatic carbocycles. The van der Waals surface area contributed by atoms with Crippen LogP contribution in [0.3, 0.4) is 0 Å². The van der Waals surface area contributed by atoms with E-state index in [0.29, 0.717) is 25.3 Å². The first-order chi connectivity index (χ1) is 12.0. The predicted molar refractivity (Wildman–Crippen MR) is 91.3 cm³/mol. The van der Waals surface area contributed by atoms with E-state index in [9.17, 15) is 9.90 Å². The Labute approximate surface area is 146 Å². The van der Waals surface area contributed by atoms with Crippen LogP contribution in [-0.2, 0) is 6.42 Å². The van der Waals surface area contributed by atoms with Gasteiger partial charge < -0.3 is 19.4 Å². The van der Waals surface area contributed by atoms with Gasteiger partial charge in [0.2, 0.25) is 11.7 Å². The lowest BCUT2D eigenvalue weighted by Gasteiger charge is -2.40. The number of hydrogen-bond donors (Lipinski definition) is 1. The van der Waals surface area contributed by atoms with Gasteiger partial charge in [-0.2, -0.15) is 0 Å². The molecule has 134 valence electrons. The van der Waals surface area contributed by atoms with Crippen molar-refractivity contribution < 1.29 is 14.4 Å². The van der Waals surface area contributed by atoms with E-state index in [2.05, 4.69) is 15.1 Å². The summed E-state index contributed by atoms with van der Waals surface area (Å²) in [5.41, 5.74) is -0.282. The highest BCUT2D eigenvalue weighted by Gasteiger charge is 2.36. The Morgan fingerprint density at radius 1 is 1.44 bits per heavy atom. The van der Waals surface area contributed by atoms with Gasteiger partial charge in [0.25, 0.3) is 5.91 Å². The molecule has 1 saturated heterocycles. The second-order valence-electron chi connectivity index (χ2n) is 6.50. The fourth-order valence-corrected chi connectivity index (χ4v) is 3.15. The summed E-state index contributed by atoms with van der Waals surface area (Å²) in [6.07, 6.45) is 5.49. The highest BCUT2D eigenvalue weighted by atomic mass is 16.5. The molecule has 1 aliphatic rings. The van der Waals surface area contributed by atoms with Crippen LogP contribution >= 0.6 is 0 Å². The third-order valence-corrected chi connectivity index (χ3v) is 4.40. The number of hydrogen-bond acceptors (Lipinski definition) is 7. The fourth-order valence-electron chi connectivity index (χ4n) is 3.15. The quantitative estimate of drug-likeness (QED) is 0.868. The van der Waals surface area contributed by atoms with E-state index in [1.54, 1.807) is 31.6 Å². The van der Waals surface area contributed by atoms with Crippen LogP contribution < -0.4 is 4.90 Å². The average Bonchev–Trinajstić information content (AvgIpc) is 3.10. The van der Waals surface area contributed by atoms with Crippen molar-refractivity contribution in [1.82, 2.24) is 20.0 Å². The summed E-state index contributed by atoms with van der Waals surface area (Å²) in [6.45, 7) is 3.31. The number of anilines is 1. The molecule has 0 bridgehead atoms. The van der Waals surface area contributed by atoms with E-state index >= 15 is 0 Å². The number of aryl methyl sites for hydroxylation is 1. The van der Waals surface area contributed by atoms with Gasteiger partial charge in [-0.25, -0.2) is 9.97 Å². The Kier molecular flexibility index (Phi) is 4.98. The zero-order valence-corrected chi connectivity index (χ0v) is 14.6. The number of β-amino-alcohol motifs (C(OH)–C–C–N with tert-alkyl or cyclic N) is 1. The van der Waals surface area contributed by atoms with Crippen LogP contribution in [-0.4, -0.2) is 63.3 Å². The molecule has 1 amide bonds. The molecule has 2 aromatic heterocycles. The van der Waals surface area contributed by atoms with Gasteiger partial charge in [0.05, 0.1) is 24.4 Å². The van der Waals surface area contributed by atoms with Gasteiger partial charge in [0, 0.05) is 32.1 Å². The molecule has 1 unspecified atom stereocenters. The number of carbonyl (C=O) groups excluding carboxylic acids is 1. The zero-order valence-electron chi connectivity index (χ0n) is 14.6. The molecule has 2 aromatic rings. The Morgan fingerprint density at radius 3 is 2.88 bits per heavy atom. The second-order valence-corrected chi connectivity index (χ2v) is 6.50. The van der Waals surface area contributed by atoms with Gasteiger partial charge in [-0.05, 0) is 25.3 Å². The van der Waals surface area contributed by atoms with Crippen LogP contribution in [0.5, 0.6) is 0 Å². The summed E-state index contributed by atoms with van der Waals surface area (Å²) in [7, 11) is 1.66. The standard InChI is InChI=1S/C17H23N5O3/c1-3-13-10-14(25-20-13)15(23)21(2)11-17(24)6-4-9-22(12-17)16-18-7-5-8-19-16/h5,7-8,10,24H,3-4,6,9,11-12H2,1-2H3. The van der Waals surface area contributed by atoms with Gasteiger partial charge in [-0.1, -0.05) is 12.1 Å². The number of aliphatic hydroxyl groups is 1. The molecule has 3 rings (SSSR count). The molecule has 0 radical (unpaired) electrons. The molecule has 1 fully saturated rings. The van der Waals surface area contributed by atoms with E-state index in [0.717, 1.165) is 18.7 Å². The first-order valence-electron chi connectivity index (χ1n) is 8.46. The van der Waals surface area contributed by atoms with Crippen LogP contribution in [0, 0.1) is 0 Å². The largest absolute Gasteiger partial charge is 0.386 e. The molecule has 25 heavy (non-hydrogen) atoms. The first-order valence-corrected chi connectivity index (χ1v) is 8.46. The number of amides is 1. The minimum atomic E-state index is -1.02. The van der Waals surface area contributed by atoms with Gasteiger partial charge in [0.15, 0.2) is 0 Å². The van der Waals surface area contributed by atoms with E-state index < -0.39 is 5.60 Å². The molecule has 1 aliphatic heterocycles. The number of nitrogens with zero attached hydrogens (tertiary/aromatic N) is 5. The number of piperidine rings is 1. The number of likely N-dealkylation sites (N-methyl/N-ethyl adjacent to an activating group) is 1. The van der Waals surface area contributed by atoms with E-state index in [1.165, 1.54) is 4.90 Å². The smallest absolute Gasteiger partial charge is 0.292 e. The average molecular weight is 345 g/mol. The summed E-state index contributed by atoms with van der Waals surface area (Å²) >= 11 is 0. The van der Waals surface area contributed by atoms with Gasteiger partial charge in [-0.3, -0.25) is 4.79 Å². The summed E-state index contributed by atoms with van der Waals surface area (Å²) in [5.74, 6) is 0.508. The summed E-state index contributed by atoms with van der Waals surface area (Å²) in [6, 6.07) is 3.40. The maximum atomic E-state index is 12.5. The maximum Gasteiger partial charge on any atom is 0.292 e. The molecule has 1 N–H and O–H groups in total. The molecular weight excluding hydrogens is 322 g/mol. The zero-order chi connectivity index (χ0) is 17.9. The number of aromatic nitrogens is 3. The van der Waals surface area contributed by atoms with Crippen LogP contribution in [0.25, 0.3) is 0 Å². The van der Waals surface area contributed by atoms with Gasteiger partial charge in [-0.15, -0.1) is 0 Å². The van der Waals surface area contributed by atoms with Crippen molar-refractivity contribution in [1.29, 1.82) is 0 Å². The Morgan fingerprint density at radius 2 is 2.20 bits per heavy atom. The third kappa shape index (κ3) is 3.96. The van der Waals surface area contributed by atoms with Crippen molar-refractivity contribution in [2.75, 3.05) is 31.6 Å². The third-order valence-electron chi connectivity index (χ3n) is 4.40. The van der Waals surface area contributed by atoms with Crippen molar-refractivity contribution in [3.05, 3.63) is 36.0 Å². The monoisotopic (exact) mass is 345 g/mol. The predicted octanol–water partition coefficient (Wildman–Crippen LogP) is 1.13. The highest BCUT2D eigenvalue weighted by molar-refractivity contribution is 5.91.